The number of nitrogens with one attached hydrogen (secondary N) is 1. The first kappa shape index (κ1) is 16.9. The fraction of sp³-hybridized carbons (Fsp3) is 0.400. The molecule has 1 atom stereocenters. The summed E-state index contributed by atoms with van der Waals surface area (Å²) in [4.78, 5) is 20.3. The quantitative estimate of drug-likeness (QED) is 0.391. The van der Waals surface area contributed by atoms with Crippen molar-refractivity contribution in [1.82, 2.24) is 5.32 Å². The lowest BCUT2D eigenvalue weighted by molar-refractivity contribution is -0.117. The number of hydrogen-bond acceptors (Lipinski definition) is 5. The van der Waals surface area contributed by atoms with E-state index in [1.54, 1.807) is 0 Å². The van der Waals surface area contributed by atoms with Gasteiger partial charge >= 0.3 is 0 Å². The van der Waals surface area contributed by atoms with Crippen LogP contribution in [0.4, 0.5) is 0 Å². The molecule has 5 N–H and O–H groups in total. The summed E-state index contributed by atoms with van der Waals surface area (Å²) in [6.45, 7) is 6.33. The number of aliphatic hydroxyl groups excluding tert-OH is 2. The maximum atomic E-state index is 10.8. The molecule has 0 rings (SSSR count). The van der Waals surface area contributed by atoms with Crippen LogP contribution in [0, 0.1) is 0 Å². The van der Waals surface area contributed by atoms with Crippen LogP contribution in [0.25, 0.3) is 0 Å². The monoisotopic (exact) mass is 230 g/mol. The molecule has 0 aromatic carbocycles. The number of carbonyl (C=O) groups excluding carboxylic acids is 2. The van der Waals surface area contributed by atoms with Crippen molar-refractivity contribution < 1.29 is 19.8 Å². The lowest BCUT2D eigenvalue weighted by Crippen LogP contribution is -2.40. The second-order valence-corrected chi connectivity index (χ2v) is 2.63. The van der Waals surface area contributed by atoms with Gasteiger partial charge < -0.3 is 21.3 Å². The van der Waals surface area contributed by atoms with Gasteiger partial charge in [-0.25, -0.2) is 0 Å². The summed E-state index contributed by atoms with van der Waals surface area (Å²) in [5.41, 5.74) is 4.53. The van der Waals surface area contributed by atoms with Gasteiger partial charge in [-0.3, -0.25) is 9.59 Å². The zero-order chi connectivity index (χ0) is 13.0. The van der Waals surface area contributed by atoms with E-state index in [9.17, 15) is 9.59 Å². The van der Waals surface area contributed by atoms with Gasteiger partial charge in [-0.05, 0) is 12.2 Å². The summed E-state index contributed by atoms with van der Waals surface area (Å²) in [7, 11) is 0. The van der Waals surface area contributed by atoms with Crippen molar-refractivity contribution in [2.45, 2.75) is 6.04 Å². The maximum Gasteiger partial charge on any atom is 0.240 e. The average Bonchev–Trinajstić information content (AvgIpc) is 2.30. The Morgan fingerprint density at radius 3 is 2.06 bits per heavy atom. The molecule has 16 heavy (non-hydrogen) atoms. The van der Waals surface area contributed by atoms with Crippen LogP contribution in [0.2, 0.25) is 0 Å². The van der Waals surface area contributed by atoms with Crippen molar-refractivity contribution >= 4 is 11.7 Å². The lowest BCUT2D eigenvalue weighted by atomic mass is 10.2. The number of rotatable bonds is 7. The second kappa shape index (κ2) is 11.6. The number of aliphatic hydroxyl groups is 2. The van der Waals surface area contributed by atoms with Crippen LogP contribution < -0.4 is 11.1 Å². The topological polar surface area (TPSA) is 113 Å². The largest absolute Gasteiger partial charge is 0.395 e. The molecule has 0 heterocycles. The van der Waals surface area contributed by atoms with Gasteiger partial charge in [0.2, 0.25) is 5.91 Å². The maximum absolute atomic E-state index is 10.8. The Morgan fingerprint density at radius 2 is 1.81 bits per heavy atom. The third-order valence-corrected chi connectivity index (χ3v) is 1.43. The smallest absolute Gasteiger partial charge is 0.240 e. The van der Waals surface area contributed by atoms with E-state index in [2.05, 4.69) is 24.2 Å². The third-order valence-electron chi connectivity index (χ3n) is 1.43. The number of hydrogen-bond donors (Lipinski definition) is 4. The average molecular weight is 230 g/mol. The van der Waals surface area contributed by atoms with Gasteiger partial charge in [-0.15, -0.1) is 0 Å². The molecular formula is C10H18N2O4. The summed E-state index contributed by atoms with van der Waals surface area (Å²) in [6, 6.07) is -0.625. The van der Waals surface area contributed by atoms with E-state index in [1.807, 2.05) is 0 Å². The van der Waals surface area contributed by atoms with Crippen molar-refractivity contribution in [2.75, 3.05) is 19.8 Å². The number of nitrogens with two attached hydrogens (primary N) is 1. The zero-order valence-electron chi connectivity index (χ0n) is 9.06. The van der Waals surface area contributed by atoms with Gasteiger partial charge in [-0.2, -0.15) is 0 Å². The molecule has 6 heteroatoms. The molecule has 0 fully saturated rings. The van der Waals surface area contributed by atoms with Crippen LogP contribution in [-0.4, -0.2) is 47.7 Å². The SMILES string of the molecule is C=CC(=O)C(CO)NCCO.C=CC(N)=O. The van der Waals surface area contributed by atoms with E-state index in [0.717, 1.165) is 12.2 Å². The highest BCUT2D eigenvalue weighted by Crippen LogP contribution is 1.85. The predicted octanol–water partition coefficient (Wildman–Crippen LogP) is -1.66. The Morgan fingerprint density at radius 1 is 1.31 bits per heavy atom. The summed E-state index contributed by atoms with van der Waals surface area (Å²) in [5, 5.41) is 19.7. The van der Waals surface area contributed by atoms with Crippen molar-refractivity contribution in [3.05, 3.63) is 25.3 Å². The lowest BCUT2D eigenvalue weighted by Gasteiger charge is -2.10. The molecule has 0 radical (unpaired) electrons. The molecule has 6 nitrogen and oxygen atoms in total. The van der Waals surface area contributed by atoms with Crippen LogP contribution in [0.5, 0.6) is 0 Å². The van der Waals surface area contributed by atoms with Gasteiger partial charge in [0.25, 0.3) is 0 Å². The first-order chi connectivity index (χ1) is 7.53. The van der Waals surface area contributed by atoms with Gasteiger partial charge in [0.15, 0.2) is 5.78 Å². The van der Waals surface area contributed by atoms with Gasteiger partial charge in [0.1, 0.15) is 0 Å². The van der Waals surface area contributed by atoms with Crippen LogP contribution in [0.15, 0.2) is 25.3 Å². The Hall–Kier alpha value is -1.50. The fourth-order valence-electron chi connectivity index (χ4n) is 0.636. The molecule has 0 aromatic heterocycles. The molecule has 92 valence electrons. The van der Waals surface area contributed by atoms with Crippen LogP contribution in [0.3, 0.4) is 0 Å². The minimum Gasteiger partial charge on any atom is -0.395 e. The molecule has 0 saturated heterocycles. The highest BCUT2D eigenvalue weighted by atomic mass is 16.3. The molecule has 1 unspecified atom stereocenters. The van der Waals surface area contributed by atoms with Crippen molar-refractivity contribution in [3.63, 3.8) is 0 Å². The fourth-order valence-corrected chi connectivity index (χ4v) is 0.636. The van der Waals surface area contributed by atoms with E-state index in [1.165, 1.54) is 0 Å². The van der Waals surface area contributed by atoms with E-state index in [0.29, 0.717) is 6.54 Å². The highest BCUT2D eigenvalue weighted by molar-refractivity contribution is 5.93. The predicted molar refractivity (Wildman–Crippen MR) is 60.6 cm³/mol. The Balaban J connectivity index is 0. The normalized spacial score (nSPS) is 10.6. The van der Waals surface area contributed by atoms with Gasteiger partial charge in [0.05, 0.1) is 19.3 Å². The van der Waals surface area contributed by atoms with Crippen LogP contribution in [-0.2, 0) is 9.59 Å². The highest BCUT2D eigenvalue weighted by Gasteiger charge is 2.11. The standard InChI is InChI=1S/C7H13NO3.C3H5NO/c1-2-7(11)6(5-10)8-3-4-9;1-2-3(4)5/h2,6,8-10H,1,3-5H2;2H,1H2,(H2,4,5). The Labute approximate surface area is 94.5 Å². The van der Waals surface area contributed by atoms with Gasteiger partial charge in [-0.1, -0.05) is 13.2 Å². The molecule has 0 spiro atoms. The molecule has 0 aliphatic heterocycles. The molecule has 0 aliphatic rings. The number of primary amides is 1. The minimum atomic E-state index is -0.625. The summed E-state index contributed by atoms with van der Waals surface area (Å²) in [6.07, 6.45) is 2.20. The molecule has 0 bridgehead atoms. The van der Waals surface area contributed by atoms with E-state index >= 15 is 0 Å². The van der Waals surface area contributed by atoms with Gasteiger partial charge in [0, 0.05) is 6.54 Å². The van der Waals surface area contributed by atoms with Crippen molar-refractivity contribution in [3.8, 4) is 0 Å². The molecule has 0 saturated carbocycles. The van der Waals surface area contributed by atoms with Crippen molar-refractivity contribution in [1.29, 1.82) is 0 Å². The molecule has 0 aliphatic carbocycles. The summed E-state index contributed by atoms with van der Waals surface area (Å²) in [5.74, 6) is -0.744. The zero-order valence-corrected chi connectivity index (χ0v) is 9.06. The van der Waals surface area contributed by atoms with Crippen molar-refractivity contribution in [2.24, 2.45) is 5.73 Å². The number of carbonyl (C=O) groups is 2. The Bertz CT molecular complexity index is 241. The molecule has 1 amide bonds. The van der Waals surface area contributed by atoms with Crippen LogP contribution in [0.1, 0.15) is 0 Å². The number of amides is 1. The molecular weight excluding hydrogens is 212 g/mol. The third kappa shape index (κ3) is 10.6. The summed E-state index contributed by atoms with van der Waals surface area (Å²) >= 11 is 0. The molecule has 0 aromatic rings. The van der Waals surface area contributed by atoms with E-state index in [4.69, 9.17) is 10.2 Å². The summed E-state index contributed by atoms with van der Waals surface area (Å²) < 4.78 is 0. The minimum absolute atomic E-state index is 0.0546. The first-order valence-corrected chi connectivity index (χ1v) is 4.56. The number of ketones is 1. The van der Waals surface area contributed by atoms with E-state index < -0.39 is 11.9 Å². The Kier molecular flexibility index (Phi) is 12.2. The first-order valence-electron chi connectivity index (χ1n) is 4.56. The van der Waals surface area contributed by atoms with E-state index in [-0.39, 0.29) is 19.0 Å². The van der Waals surface area contributed by atoms with Crippen LogP contribution >= 0.6 is 0 Å². The second-order valence-electron chi connectivity index (χ2n) is 2.63.